The number of nitrogens with zero attached hydrogens (tertiary/aromatic N) is 1. The molecule has 0 saturated carbocycles. The first-order valence-corrected chi connectivity index (χ1v) is 11.2. The van der Waals surface area contributed by atoms with Crippen molar-refractivity contribution in [1.29, 1.82) is 0 Å². The third-order valence-electron chi connectivity index (χ3n) is 5.00. The van der Waals surface area contributed by atoms with Crippen molar-refractivity contribution >= 4 is 6.09 Å². The third-order valence-corrected chi connectivity index (χ3v) is 5.00. The van der Waals surface area contributed by atoms with E-state index < -0.39 is 11.7 Å². The number of carbonyl (C=O) groups is 1. The lowest BCUT2D eigenvalue weighted by Crippen LogP contribution is -2.46. The zero-order valence-corrected chi connectivity index (χ0v) is 19.9. The van der Waals surface area contributed by atoms with Crippen LogP contribution in [-0.4, -0.2) is 68.7 Å². The molecule has 0 radical (unpaired) electrons. The molecular formula is C24H40N2O5. The summed E-state index contributed by atoms with van der Waals surface area (Å²) in [5, 5.41) is 2.68. The molecule has 1 fully saturated rings. The van der Waals surface area contributed by atoms with Crippen LogP contribution in [-0.2, 0) is 32.2 Å². The molecule has 1 amide bonds. The molecule has 0 aromatic heterocycles. The predicted molar refractivity (Wildman–Crippen MR) is 121 cm³/mol. The molecule has 1 N–H and O–H groups in total. The number of alkyl carbamates (subject to hydrolysis) is 1. The number of carbonyl (C=O) groups excluding carboxylic acids is 1. The highest BCUT2D eigenvalue weighted by molar-refractivity contribution is 5.67. The molecule has 7 heteroatoms. The summed E-state index contributed by atoms with van der Waals surface area (Å²) in [7, 11) is 2.15. The van der Waals surface area contributed by atoms with Crippen molar-refractivity contribution in [3.05, 3.63) is 35.4 Å². The molecule has 1 heterocycles. The zero-order chi connectivity index (χ0) is 22.7. The maximum atomic E-state index is 11.6. The molecule has 1 aromatic rings. The monoisotopic (exact) mass is 436 g/mol. The molecule has 31 heavy (non-hydrogen) atoms. The van der Waals surface area contributed by atoms with Crippen LogP contribution in [0.15, 0.2) is 24.3 Å². The van der Waals surface area contributed by atoms with Crippen molar-refractivity contribution in [1.82, 2.24) is 10.2 Å². The minimum atomic E-state index is -0.492. The van der Waals surface area contributed by atoms with Crippen molar-refractivity contribution in [2.45, 2.75) is 65.0 Å². The maximum Gasteiger partial charge on any atom is 0.407 e. The summed E-state index contributed by atoms with van der Waals surface area (Å²) >= 11 is 0. The highest BCUT2D eigenvalue weighted by Gasteiger charge is 2.29. The first-order chi connectivity index (χ1) is 14.7. The van der Waals surface area contributed by atoms with E-state index in [0.29, 0.717) is 39.6 Å². The van der Waals surface area contributed by atoms with Gasteiger partial charge in [0.05, 0.1) is 38.6 Å². The van der Waals surface area contributed by atoms with Crippen molar-refractivity contribution in [3.8, 4) is 0 Å². The van der Waals surface area contributed by atoms with Crippen LogP contribution in [0, 0.1) is 0 Å². The van der Waals surface area contributed by atoms with Crippen LogP contribution in [0.3, 0.4) is 0 Å². The third kappa shape index (κ3) is 11.0. The predicted octanol–water partition coefficient (Wildman–Crippen LogP) is 3.75. The van der Waals surface area contributed by atoms with Gasteiger partial charge in [-0.2, -0.15) is 0 Å². The van der Waals surface area contributed by atoms with Crippen LogP contribution in [0.4, 0.5) is 4.79 Å². The Morgan fingerprint density at radius 2 is 1.68 bits per heavy atom. The first kappa shape index (κ1) is 25.6. The van der Waals surface area contributed by atoms with Gasteiger partial charge in [-0.05, 0) is 65.3 Å². The Hall–Kier alpha value is -1.67. The number of hydrogen-bond donors (Lipinski definition) is 1. The molecule has 2 rings (SSSR count). The Kier molecular flexibility index (Phi) is 10.2. The second-order valence-electron chi connectivity index (χ2n) is 9.49. The quantitative estimate of drug-likeness (QED) is 0.533. The molecule has 0 spiro atoms. The smallest absolute Gasteiger partial charge is 0.407 e. The first-order valence-electron chi connectivity index (χ1n) is 11.2. The number of likely N-dealkylation sites (N-methyl/N-ethyl adjacent to an activating group) is 1. The molecule has 176 valence electrons. The van der Waals surface area contributed by atoms with Gasteiger partial charge in [0.1, 0.15) is 5.60 Å². The van der Waals surface area contributed by atoms with Gasteiger partial charge >= 0.3 is 6.09 Å². The van der Waals surface area contributed by atoms with E-state index >= 15 is 0 Å². The minimum absolute atomic E-state index is 0.0551. The van der Waals surface area contributed by atoms with Crippen LogP contribution in [0.2, 0.25) is 0 Å². The molecule has 1 aliphatic heterocycles. The molecule has 0 unspecified atom stereocenters. The largest absolute Gasteiger partial charge is 0.444 e. The second-order valence-corrected chi connectivity index (χ2v) is 9.49. The number of nitrogens with one attached hydrogen (secondary N) is 1. The van der Waals surface area contributed by atoms with E-state index in [4.69, 9.17) is 18.9 Å². The number of benzene rings is 1. The van der Waals surface area contributed by atoms with Crippen LogP contribution in [0.5, 0.6) is 0 Å². The van der Waals surface area contributed by atoms with Crippen molar-refractivity contribution in [3.63, 3.8) is 0 Å². The van der Waals surface area contributed by atoms with Crippen molar-refractivity contribution < 1.29 is 23.7 Å². The summed E-state index contributed by atoms with van der Waals surface area (Å²) in [4.78, 5) is 13.9. The van der Waals surface area contributed by atoms with Gasteiger partial charge in [0.2, 0.25) is 0 Å². The lowest BCUT2D eigenvalue weighted by molar-refractivity contribution is -0.0902. The van der Waals surface area contributed by atoms with Gasteiger partial charge in [0, 0.05) is 13.1 Å². The van der Waals surface area contributed by atoms with E-state index in [9.17, 15) is 4.79 Å². The van der Waals surface area contributed by atoms with Crippen molar-refractivity contribution in [2.75, 3.05) is 46.5 Å². The fraction of sp³-hybridized carbons (Fsp3) is 0.708. The highest BCUT2D eigenvalue weighted by Crippen LogP contribution is 2.23. The van der Waals surface area contributed by atoms with E-state index in [1.165, 1.54) is 6.42 Å². The van der Waals surface area contributed by atoms with Gasteiger partial charge < -0.3 is 29.2 Å². The van der Waals surface area contributed by atoms with Crippen LogP contribution < -0.4 is 5.32 Å². The van der Waals surface area contributed by atoms with Gasteiger partial charge in [-0.1, -0.05) is 24.3 Å². The number of ether oxygens (including phenoxy) is 4. The summed E-state index contributed by atoms with van der Waals surface area (Å²) < 4.78 is 22.6. The van der Waals surface area contributed by atoms with Gasteiger partial charge in [0.25, 0.3) is 0 Å². The molecule has 1 atom stereocenters. The topological polar surface area (TPSA) is 69.3 Å². The van der Waals surface area contributed by atoms with E-state index in [0.717, 1.165) is 30.6 Å². The lowest BCUT2D eigenvalue weighted by atomic mass is 9.95. The van der Waals surface area contributed by atoms with Crippen LogP contribution in [0.1, 0.15) is 51.7 Å². The van der Waals surface area contributed by atoms with E-state index in [1.807, 2.05) is 32.9 Å². The second kappa shape index (κ2) is 12.4. The minimum Gasteiger partial charge on any atom is -0.444 e. The Labute approximate surface area is 187 Å². The fourth-order valence-electron chi connectivity index (χ4n) is 3.57. The van der Waals surface area contributed by atoms with Gasteiger partial charge in [-0.25, -0.2) is 4.79 Å². The summed E-state index contributed by atoms with van der Waals surface area (Å²) in [6, 6.07) is 8.18. The normalized spacial score (nSPS) is 19.9. The molecule has 0 aliphatic carbocycles. The average Bonchev–Trinajstić information content (AvgIpc) is 2.67. The molecule has 7 nitrogen and oxygen atoms in total. The summed E-state index contributed by atoms with van der Waals surface area (Å²) in [5.41, 5.74) is 1.66. The van der Waals surface area contributed by atoms with Gasteiger partial charge in [0.15, 0.2) is 0 Å². The molecule has 1 saturated heterocycles. The summed E-state index contributed by atoms with van der Waals surface area (Å²) in [6.45, 7) is 13.0. The van der Waals surface area contributed by atoms with Crippen LogP contribution >= 0.6 is 0 Å². The number of rotatable bonds is 11. The molecule has 1 aromatic carbocycles. The van der Waals surface area contributed by atoms with Crippen LogP contribution in [0.25, 0.3) is 0 Å². The van der Waals surface area contributed by atoms with E-state index in [-0.39, 0.29) is 5.60 Å². The zero-order valence-electron chi connectivity index (χ0n) is 19.9. The molecule has 1 aliphatic rings. The summed E-state index contributed by atoms with van der Waals surface area (Å²) in [6.07, 6.45) is 1.87. The molecule has 0 bridgehead atoms. The number of likely N-dealkylation sites (tertiary alicyclic amines) is 1. The SMILES string of the molecule is CN1CCC[C@](C)(OCCOCc2ccc(COCCNC(=O)OC(C)(C)C)cc2)C1. The van der Waals surface area contributed by atoms with Gasteiger partial charge in [-0.3, -0.25) is 0 Å². The number of piperidine rings is 1. The van der Waals surface area contributed by atoms with E-state index in [2.05, 4.69) is 36.3 Å². The highest BCUT2D eigenvalue weighted by atomic mass is 16.6. The lowest BCUT2D eigenvalue weighted by Gasteiger charge is -2.38. The Morgan fingerprint density at radius 3 is 2.26 bits per heavy atom. The van der Waals surface area contributed by atoms with Crippen molar-refractivity contribution in [2.24, 2.45) is 0 Å². The fourth-order valence-corrected chi connectivity index (χ4v) is 3.57. The number of hydrogen-bond acceptors (Lipinski definition) is 6. The standard InChI is InChI=1S/C24H40N2O5/c1-23(2,3)31-22(27)25-12-14-28-17-20-7-9-21(10-8-20)18-29-15-16-30-24(4)11-6-13-26(5)19-24/h7-10H,6,11-19H2,1-5H3,(H,25,27)/t24-/m0/s1. The Bertz CT molecular complexity index is 659. The molecular weight excluding hydrogens is 396 g/mol. The maximum absolute atomic E-state index is 11.6. The number of amides is 1. The van der Waals surface area contributed by atoms with E-state index in [1.54, 1.807) is 0 Å². The average molecular weight is 437 g/mol. The Morgan fingerprint density at radius 1 is 1.06 bits per heavy atom. The Balaban J connectivity index is 1.54. The summed E-state index contributed by atoms with van der Waals surface area (Å²) in [5.74, 6) is 0. The van der Waals surface area contributed by atoms with Gasteiger partial charge in [-0.15, -0.1) is 0 Å².